The molecule has 0 amide bonds. The second kappa shape index (κ2) is 6.13. The summed E-state index contributed by atoms with van der Waals surface area (Å²) in [4.78, 5) is 12.2. The zero-order valence-corrected chi connectivity index (χ0v) is 11.0. The summed E-state index contributed by atoms with van der Waals surface area (Å²) in [6.07, 6.45) is 0. The Bertz CT molecular complexity index is 699. The lowest BCUT2D eigenvalue weighted by atomic mass is 10.1. The van der Waals surface area contributed by atoms with Crippen LogP contribution in [0, 0.1) is 17.1 Å². The van der Waals surface area contributed by atoms with Crippen LogP contribution in [-0.4, -0.2) is 18.3 Å². The maximum atomic E-state index is 13.0. The average molecular weight is 272 g/mol. The van der Waals surface area contributed by atoms with E-state index in [4.69, 9.17) is 10.00 Å². The Kier molecular flexibility index (Phi) is 4.28. The molecule has 0 N–H and O–H groups in total. The van der Waals surface area contributed by atoms with Crippen molar-refractivity contribution in [3.8, 4) is 17.3 Å². The third-order valence-corrected chi connectivity index (χ3v) is 2.95. The Balaban J connectivity index is 2.57. The largest absolute Gasteiger partial charge is 0.383 e. The minimum atomic E-state index is -0.369. The van der Waals surface area contributed by atoms with Gasteiger partial charge in [-0.15, -0.1) is 0 Å². The molecule has 0 saturated carbocycles. The van der Waals surface area contributed by atoms with E-state index in [9.17, 15) is 9.18 Å². The topological polar surface area (TPSA) is 55.0 Å². The van der Waals surface area contributed by atoms with Crippen LogP contribution < -0.4 is 5.56 Å². The van der Waals surface area contributed by atoms with Crippen molar-refractivity contribution in [1.29, 1.82) is 5.26 Å². The molecular formula is C15H13FN2O2. The molecule has 2 rings (SSSR count). The smallest absolute Gasteiger partial charge is 0.269 e. The summed E-state index contributed by atoms with van der Waals surface area (Å²) < 4.78 is 19.4. The summed E-state index contributed by atoms with van der Waals surface area (Å²) in [5, 5.41) is 8.92. The molecule has 1 heterocycles. The van der Waals surface area contributed by atoms with Gasteiger partial charge in [0, 0.05) is 13.7 Å². The highest BCUT2D eigenvalue weighted by molar-refractivity contribution is 5.60. The second-order valence-electron chi connectivity index (χ2n) is 4.20. The molecule has 5 heteroatoms. The van der Waals surface area contributed by atoms with Gasteiger partial charge in [0.15, 0.2) is 0 Å². The first-order valence-corrected chi connectivity index (χ1v) is 6.06. The number of nitrogens with zero attached hydrogens (tertiary/aromatic N) is 2. The number of ether oxygens (including phenoxy) is 1. The Labute approximate surface area is 115 Å². The van der Waals surface area contributed by atoms with Gasteiger partial charge in [0.1, 0.15) is 17.4 Å². The van der Waals surface area contributed by atoms with Gasteiger partial charge in [0.2, 0.25) is 0 Å². The molecule has 0 bridgehead atoms. The van der Waals surface area contributed by atoms with Gasteiger partial charge in [-0.1, -0.05) is 0 Å². The zero-order chi connectivity index (χ0) is 14.5. The number of nitriles is 1. The highest BCUT2D eigenvalue weighted by atomic mass is 19.1. The van der Waals surface area contributed by atoms with Crippen LogP contribution in [0.25, 0.3) is 11.3 Å². The second-order valence-corrected chi connectivity index (χ2v) is 4.20. The van der Waals surface area contributed by atoms with Crippen LogP contribution in [0.1, 0.15) is 5.56 Å². The number of aromatic nitrogens is 1. The molecule has 102 valence electrons. The molecule has 2 aromatic rings. The summed E-state index contributed by atoms with van der Waals surface area (Å²) in [6.45, 7) is 0.681. The van der Waals surface area contributed by atoms with Crippen LogP contribution in [0.5, 0.6) is 0 Å². The third kappa shape index (κ3) is 2.76. The third-order valence-electron chi connectivity index (χ3n) is 2.95. The van der Waals surface area contributed by atoms with E-state index in [2.05, 4.69) is 0 Å². The van der Waals surface area contributed by atoms with E-state index in [1.54, 1.807) is 18.2 Å². The molecule has 0 aliphatic heterocycles. The Morgan fingerprint density at radius 2 is 1.95 bits per heavy atom. The number of rotatable bonds is 4. The highest BCUT2D eigenvalue weighted by Crippen LogP contribution is 2.18. The van der Waals surface area contributed by atoms with E-state index in [1.807, 2.05) is 6.07 Å². The van der Waals surface area contributed by atoms with Gasteiger partial charge < -0.3 is 9.30 Å². The fraction of sp³-hybridized carbons (Fsp3) is 0.200. The molecule has 4 nitrogen and oxygen atoms in total. The van der Waals surface area contributed by atoms with Crippen molar-refractivity contribution < 1.29 is 9.13 Å². The predicted octanol–water partition coefficient (Wildman–Crippen LogP) is 2.17. The minimum absolute atomic E-state index is 0.0759. The number of benzene rings is 1. The highest BCUT2D eigenvalue weighted by Gasteiger charge is 2.10. The summed E-state index contributed by atoms with van der Waals surface area (Å²) in [6, 6.07) is 10.9. The molecule has 20 heavy (non-hydrogen) atoms. The molecule has 0 saturated heterocycles. The van der Waals surface area contributed by atoms with Crippen molar-refractivity contribution in [3.05, 3.63) is 58.1 Å². The lowest BCUT2D eigenvalue weighted by molar-refractivity contribution is 0.186. The quantitative estimate of drug-likeness (QED) is 0.857. The number of halogens is 1. The SMILES string of the molecule is COCCn1c(-c2ccc(F)cc2)ccc(C#N)c1=O. The van der Waals surface area contributed by atoms with Gasteiger partial charge in [-0.05, 0) is 42.0 Å². The number of hydrogen-bond donors (Lipinski definition) is 0. The van der Waals surface area contributed by atoms with Gasteiger partial charge in [-0.2, -0.15) is 5.26 Å². The fourth-order valence-corrected chi connectivity index (χ4v) is 1.94. The van der Waals surface area contributed by atoms with Gasteiger partial charge in [0.05, 0.1) is 12.3 Å². The average Bonchev–Trinajstić information content (AvgIpc) is 2.47. The minimum Gasteiger partial charge on any atom is -0.383 e. The first-order valence-electron chi connectivity index (χ1n) is 6.06. The zero-order valence-electron chi connectivity index (χ0n) is 11.0. The number of methoxy groups -OCH3 is 1. The van der Waals surface area contributed by atoms with Crippen LogP contribution >= 0.6 is 0 Å². The molecule has 1 aromatic heterocycles. The standard InChI is InChI=1S/C15H13FN2O2/c1-20-9-8-18-14(7-4-12(10-17)15(18)19)11-2-5-13(16)6-3-11/h2-7H,8-9H2,1H3. The first kappa shape index (κ1) is 14.0. The van der Waals surface area contributed by atoms with Gasteiger partial charge in [0.25, 0.3) is 5.56 Å². The van der Waals surface area contributed by atoms with E-state index in [0.29, 0.717) is 24.4 Å². The van der Waals surface area contributed by atoms with E-state index in [-0.39, 0.29) is 16.9 Å². The van der Waals surface area contributed by atoms with Crippen LogP contribution in [0.3, 0.4) is 0 Å². The van der Waals surface area contributed by atoms with E-state index >= 15 is 0 Å². The van der Waals surface area contributed by atoms with Crippen molar-refractivity contribution >= 4 is 0 Å². The molecule has 0 spiro atoms. The van der Waals surface area contributed by atoms with Crippen LogP contribution in [0.15, 0.2) is 41.2 Å². The summed E-state index contributed by atoms with van der Waals surface area (Å²) in [5.74, 6) is -0.340. The first-order chi connectivity index (χ1) is 9.67. The van der Waals surface area contributed by atoms with E-state index in [0.717, 1.165) is 0 Å². The molecule has 0 fully saturated rings. The van der Waals surface area contributed by atoms with Crippen molar-refractivity contribution in [2.45, 2.75) is 6.54 Å². The molecule has 0 aliphatic rings. The van der Waals surface area contributed by atoms with Gasteiger partial charge in [-0.3, -0.25) is 4.79 Å². The molecule has 0 radical (unpaired) electrons. The Morgan fingerprint density at radius 1 is 1.25 bits per heavy atom. The Hall–Kier alpha value is -2.45. The van der Waals surface area contributed by atoms with Crippen LogP contribution in [0.2, 0.25) is 0 Å². The summed E-state index contributed by atoms with van der Waals surface area (Å²) in [5.41, 5.74) is 1.05. The van der Waals surface area contributed by atoms with Crippen molar-refractivity contribution in [1.82, 2.24) is 4.57 Å². The molecule has 0 unspecified atom stereocenters. The molecule has 1 aromatic carbocycles. The lowest BCUT2D eigenvalue weighted by Crippen LogP contribution is -2.25. The van der Waals surface area contributed by atoms with Crippen molar-refractivity contribution in [2.24, 2.45) is 0 Å². The van der Waals surface area contributed by atoms with Crippen LogP contribution in [-0.2, 0) is 11.3 Å². The van der Waals surface area contributed by atoms with E-state index < -0.39 is 0 Å². The normalized spacial score (nSPS) is 10.2. The maximum Gasteiger partial charge on any atom is 0.269 e. The maximum absolute atomic E-state index is 13.0. The Morgan fingerprint density at radius 3 is 2.55 bits per heavy atom. The van der Waals surface area contributed by atoms with Gasteiger partial charge in [-0.25, -0.2) is 4.39 Å². The number of pyridine rings is 1. The van der Waals surface area contributed by atoms with Crippen molar-refractivity contribution in [2.75, 3.05) is 13.7 Å². The molecular weight excluding hydrogens is 259 g/mol. The summed E-state index contributed by atoms with van der Waals surface area (Å²) >= 11 is 0. The molecule has 0 aliphatic carbocycles. The fourth-order valence-electron chi connectivity index (χ4n) is 1.94. The van der Waals surface area contributed by atoms with Gasteiger partial charge >= 0.3 is 0 Å². The van der Waals surface area contributed by atoms with E-state index in [1.165, 1.54) is 29.9 Å². The predicted molar refractivity (Wildman–Crippen MR) is 72.7 cm³/mol. The number of hydrogen-bond acceptors (Lipinski definition) is 3. The molecule has 0 atom stereocenters. The van der Waals surface area contributed by atoms with Crippen molar-refractivity contribution in [3.63, 3.8) is 0 Å². The monoisotopic (exact) mass is 272 g/mol. The lowest BCUT2D eigenvalue weighted by Gasteiger charge is -2.13. The van der Waals surface area contributed by atoms with Crippen LogP contribution in [0.4, 0.5) is 4.39 Å². The summed E-state index contributed by atoms with van der Waals surface area (Å²) in [7, 11) is 1.54.